The Morgan fingerprint density at radius 2 is 1.06 bits per heavy atom. The molecule has 0 bridgehead atoms. The zero-order valence-corrected chi connectivity index (χ0v) is 30.0. The van der Waals surface area contributed by atoms with E-state index in [0.29, 0.717) is 5.92 Å². The first-order valence-electron chi connectivity index (χ1n) is 18.7. The van der Waals surface area contributed by atoms with Crippen molar-refractivity contribution in [3.63, 3.8) is 0 Å². The number of fused-ring (bicyclic) bond motifs is 5. The van der Waals surface area contributed by atoms with Crippen molar-refractivity contribution in [1.82, 2.24) is 0 Å². The smallest absolute Gasteiger partial charge is 0.0640 e. The van der Waals surface area contributed by atoms with Crippen molar-refractivity contribution in [3.05, 3.63) is 175 Å². The summed E-state index contributed by atoms with van der Waals surface area (Å²) in [4.78, 5) is 2.52. The quantitative estimate of drug-likeness (QED) is 0.168. The van der Waals surface area contributed by atoms with Crippen molar-refractivity contribution in [3.8, 4) is 22.3 Å². The predicted molar refractivity (Wildman–Crippen MR) is 226 cm³/mol. The van der Waals surface area contributed by atoms with Crippen LogP contribution in [0.2, 0.25) is 0 Å². The van der Waals surface area contributed by atoms with Crippen LogP contribution in [0.5, 0.6) is 0 Å². The second-order valence-corrected chi connectivity index (χ2v) is 15.3. The number of anilines is 3. The largest absolute Gasteiger partial charge is 0.308 e. The lowest BCUT2D eigenvalue weighted by Gasteiger charge is -2.29. The van der Waals surface area contributed by atoms with Crippen LogP contribution >= 0.6 is 11.3 Å². The Kier molecular flexibility index (Phi) is 7.84. The van der Waals surface area contributed by atoms with Gasteiger partial charge in [0.2, 0.25) is 0 Å². The van der Waals surface area contributed by atoms with E-state index in [1.54, 1.807) is 0 Å². The number of hydrogen-bond acceptors (Lipinski definition) is 2. The fourth-order valence-electron chi connectivity index (χ4n) is 8.83. The zero-order chi connectivity index (χ0) is 34.4. The Bertz CT molecular complexity index is 2720. The molecule has 0 aliphatic heterocycles. The Morgan fingerprint density at radius 3 is 1.92 bits per heavy atom. The van der Waals surface area contributed by atoms with Crippen molar-refractivity contribution in [1.29, 1.82) is 0 Å². The van der Waals surface area contributed by atoms with Crippen molar-refractivity contribution in [2.24, 2.45) is 0 Å². The highest BCUT2D eigenvalue weighted by Crippen LogP contribution is 2.49. The molecule has 1 nitrogen and oxygen atoms in total. The third-order valence-electron chi connectivity index (χ3n) is 11.3. The SMILES string of the molecule is c1ccc(N(c2ccc(-c3cccc4ccccc34)cc2)c2cccc3c2sc2ccccc23)c(-c2cccc3cccc(C4CCCCC4)c23)c1. The Morgan fingerprint density at radius 1 is 0.442 bits per heavy atom. The minimum Gasteiger partial charge on any atom is -0.308 e. The lowest BCUT2D eigenvalue weighted by Crippen LogP contribution is -2.11. The summed E-state index contributed by atoms with van der Waals surface area (Å²) in [5, 5.41) is 7.90. The molecule has 1 aliphatic rings. The molecule has 0 atom stereocenters. The summed E-state index contributed by atoms with van der Waals surface area (Å²) in [6.07, 6.45) is 6.55. The van der Waals surface area contributed by atoms with Gasteiger partial charge in [0.15, 0.2) is 0 Å². The van der Waals surface area contributed by atoms with Crippen molar-refractivity contribution in [2.45, 2.75) is 38.0 Å². The lowest BCUT2D eigenvalue weighted by atomic mass is 9.80. The summed E-state index contributed by atoms with van der Waals surface area (Å²) in [5.41, 5.74) is 10.1. The highest BCUT2D eigenvalue weighted by Gasteiger charge is 2.24. The van der Waals surface area contributed by atoms with Crippen LogP contribution in [0.4, 0.5) is 17.1 Å². The molecule has 1 aliphatic carbocycles. The van der Waals surface area contributed by atoms with Gasteiger partial charge in [-0.2, -0.15) is 0 Å². The van der Waals surface area contributed by atoms with Crippen LogP contribution in [-0.4, -0.2) is 0 Å². The third-order valence-corrected chi connectivity index (χ3v) is 12.5. The molecule has 0 N–H and O–H groups in total. The van der Waals surface area contributed by atoms with E-state index in [-0.39, 0.29) is 0 Å². The molecule has 0 amide bonds. The number of para-hydroxylation sites is 1. The van der Waals surface area contributed by atoms with Crippen LogP contribution in [-0.2, 0) is 0 Å². The first kappa shape index (κ1) is 31.1. The number of rotatable bonds is 6. The molecule has 1 saturated carbocycles. The van der Waals surface area contributed by atoms with E-state index in [2.05, 4.69) is 175 Å². The van der Waals surface area contributed by atoms with Gasteiger partial charge in [-0.25, -0.2) is 0 Å². The van der Waals surface area contributed by atoms with Gasteiger partial charge >= 0.3 is 0 Å². The molecule has 9 aromatic rings. The van der Waals surface area contributed by atoms with Gasteiger partial charge < -0.3 is 4.90 Å². The maximum atomic E-state index is 2.52. The van der Waals surface area contributed by atoms with Crippen LogP contribution < -0.4 is 4.90 Å². The highest BCUT2D eigenvalue weighted by atomic mass is 32.1. The minimum atomic E-state index is 0.607. The molecule has 52 heavy (non-hydrogen) atoms. The van der Waals surface area contributed by atoms with Gasteiger partial charge in [-0.05, 0) is 92.9 Å². The van der Waals surface area contributed by atoms with Crippen LogP contribution in [0.15, 0.2) is 170 Å². The van der Waals surface area contributed by atoms with E-state index >= 15 is 0 Å². The fourth-order valence-corrected chi connectivity index (χ4v) is 10.0. The van der Waals surface area contributed by atoms with Gasteiger partial charge in [0.1, 0.15) is 0 Å². The summed E-state index contributed by atoms with van der Waals surface area (Å²) in [6.45, 7) is 0. The summed E-state index contributed by atoms with van der Waals surface area (Å²) in [7, 11) is 0. The monoisotopic (exact) mass is 685 g/mol. The van der Waals surface area contributed by atoms with Gasteiger partial charge in [-0.1, -0.05) is 159 Å². The van der Waals surface area contributed by atoms with E-state index in [1.807, 2.05) is 11.3 Å². The highest BCUT2D eigenvalue weighted by molar-refractivity contribution is 7.26. The van der Waals surface area contributed by atoms with Crippen LogP contribution in [0.25, 0.3) is 64.0 Å². The molecule has 1 fully saturated rings. The number of hydrogen-bond donors (Lipinski definition) is 0. The molecule has 1 aromatic heterocycles. The van der Waals surface area contributed by atoms with Gasteiger partial charge in [0.05, 0.1) is 16.1 Å². The topological polar surface area (TPSA) is 3.24 Å². The molecule has 0 spiro atoms. The van der Waals surface area contributed by atoms with E-state index in [4.69, 9.17) is 0 Å². The Labute approximate surface area is 309 Å². The van der Waals surface area contributed by atoms with Gasteiger partial charge in [-0.15, -0.1) is 11.3 Å². The molecule has 250 valence electrons. The van der Waals surface area contributed by atoms with E-state index in [0.717, 1.165) is 5.69 Å². The molecular formula is C50H39NS. The van der Waals surface area contributed by atoms with Crippen molar-refractivity contribution >= 4 is 70.1 Å². The average molecular weight is 686 g/mol. The summed E-state index contributed by atoms with van der Waals surface area (Å²) in [6, 6.07) is 63.1. The molecule has 2 heteroatoms. The van der Waals surface area contributed by atoms with E-state index in [9.17, 15) is 0 Å². The number of thiophene rings is 1. The predicted octanol–water partition coefficient (Wildman–Crippen LogP) is 15.2. The number of nitrogens with zero attached hydrogens (tertiary/aromatic N) is 1. The second-order valence-electron chi connectivity index (χ2n) is 14.3. The van der Waals surface area contributed by atoms with Gasteiger partial charge in [0.25, 0.3) is 0 Å². The normalized spacial score (nSPS) is 13.7. The van der Waals surface area contributed by atoms with E-state index in [1.165, 1.54) is 113 Å². The molecular weight excluding hydrogens is 647 g/mol. The second kappa shape index (κ2) is 13.1. The third kappa shape index (κ3) is 5.29. The van der Waals surface area contributed by atoms with Gasteiger partial charge in [-0.3, -0.25) is 0 Å². The maximum absolute atomic E-state index is 2.52. The average Bonchev–Trinajstić information content (AvgIpc) is 3.61. The van der Waals surface area contributed by atoms with Crippen LogP contribution in [0.3, 0.4) is 0 Å². The summed E-state index contributed by atoms with van der Waals surface area (Å²) >= 11 is 1.89. The first-order valence-corrected chi connectivity index (χ1v) is 19.5. The molecule has 1 heterocycles. The molecule has 0 unspecified atom stereocenters. The van der Waals surface area contributed by atoms with Crippen LogP contribution in [0, 0.1) is 0 Å². The Hall–Kier alpha value is -5.70. The van der Waals surface area contributed by atoms with Gasteiger partial charge in [0, 0.05) is 26.7 Å². The number of benzene rings is 8. The van der Waals surface area contributed by atoms with E-state index < -0.39 is 0 Å². The molecule has 0 radical (unpaired) electrons. The van der Waals surface area contributed by atoms with Crippen molar-refractivity contribution in [2.75, 3.05) is 4.90 Å². The molecule has 8 aromatic carbocycles. The lowest BCUT2D eigenvalue weighted by molar-refractivity contribution is 0.445. The minimum absolute atomic E-state index is 0.607. The Balaban J connectivity index is 1.20. The van der Waals surface area contributed by atoms with Crippen LogP contribution in [0.1, 0.15) is 43.6 Å². The standard InChI is InChI=1S/C50H39NS/c1-2-14-35(15-3-1)41-24-11-18-37-19-12-25-44(49(37)41)42-21-6-8-27-46(42)51(47-28-13-26-45-43-22-7-9-29-48(43)52-50(45)47)38-32-30-36(31-33-38)40-23-10-17-34-16-4-5-20-39(34)40/h4-13,16-33,35H,1-3,14-15H2. The molecule has 0 saturated heterocycles. The van der Waals surface area contributed by atoms with Crippen molar-refractivity contribution < 1.29 is 0 Å². The summed E-state index contributed by atoms with van der Waals surface area (Å²) in [5.74, 6) is 0.607. The molecule has 10 rings (SSSR count). The zero-order valence-electron chi connectivity index (χ0n) is 29.1. The fraction of sp³-hybridized carbons (Fsp3) is 0.120. The first-order chi connectivity index (χ1) is 25.8. The maximum Gasteiger partial charge on any atom is 0.0640 e. The summed E-state index contributed by atoms with van der Waals surface area (Å²) < 4.78 is 2.62.